The van der Waals surface area contributed by atoms with Gasteiger partial charge in [0.05, 0.1) is 0 Å². The number of aromatic nitrogens is 3. The molecule has 5 heteroatoms. The second-order valence-corrected chi connectivity index (χ2v) is 2.79. The van der Waals surface area contributed by atoms with Crippen LogP contribution >= 0.6 is 0 Å². The van der Waals surface area contributed by atoms with Gasteiger partial charge in [-0.1, -0.05) is 5.16 Å². The minimum atomic E-state index is -0.219. The van der Waals surface area contributed by atoms with Crippen molar-refractivity contribution in [2.75, 3.05) is 0 Å². The van der Waals surface area contributed by atoms with Gasteiger partial charge < -0.3 is 9.63 Å². The fourth-order valence-electron chi connectivity index (χ4n) is 1.11. The van der Waals surface area contributed by atoms with Crippen LogP contribution in [0.15, 0.2) is 29.0 Å². The molecule has 2 aromatic heterocycles. The first-order valence-corrected chi connectivity index (χ1v) is 4.19. The molecule has 5 nitrogen and oxygen atoms in total. The van der Waals surface area contributed by atoms with Crippen LogP contribution < -0.4 is 0 Å². The van der Waals surface area contributed by atoms with Crippen molar-refractivity contribution in [3.63, 3.8) is 0 Å². The molecular formula is C9H9N3O2. The Labute approximate surface area is 80.4 Å². The second-order valence-electron chi connectivity index (χ2n) is 2.79. The maximum Gasteiger partial charge on any atom is 0.252 e. The Kier molecular flexibility index (Phi) is 2.51. The average Bonchev–Trinajstić information content (AvgIpc) is 2.67. The quantitative estimate of drug-likeness (QED) is 0.766. The van der Waals surface area contributed by atoms with E-state index < -0.39 is 0 Å². The lowest BCUT2D eigenvalue weighted by Crippen LogP contribution is -1.91. The Hall–Kier alpha value is -1.75. The summed E-state index contributed by atoms with van der Waals surface area (Å²) < 4.78 is 4.76. The predicted molar refractivity (Wildman–Crippen MR) is 47.3 cm³/mol. The molecule has 0 spiro atoms. The summed E-state index contributed by atoms with van der Waals surface area (Å²) >= 11 is 0. The normalized spacial score (nSPS) is 10.4. The number of rotatable bonds is 3. The Balaban J connectivity index is 2.11. The van der Waals surface area contributed by atoms with Crippen molar-refractivity contribution in [3.8, 4) is 0 Å². The Morgan fingerprint density at radius 1 is 1.29 bits per heavy atom. The third kappa shape index (κ3) is 1.94. The molecule has 0 saturated carbocycles. The van der Waals surface area contributed by atoms with Gasteiger partial charge in [0.2, 0.25) is 0 Å². The Morgan fingerprint density at radius 3 is 2.71 bits per heavy atom. The van der Waals surface area contributed by atoms with Crippen molar-refractivity contribution < 1.29 is 9.63 Å². The van der Waals surface area contributed by atoms with Crippen LogP contribution in [-0.2, 0) is 13.0 Å². The van der Waals surface area contributed by atoms with Crippen LogP contribution in [-0.4, -0.2) is 20.2 Å². The SMILES string of the molecule is OCc1nc(Cc2ccncc2)no1. The van der Waals surface area contributed by atoms with Crippen molar-refractivity contribution in [2.24, 2.45) is 0 Å². The smallest absolute Gasteiger partial charge is 0.252 e. The van der Waals surface area contributed by atoms with Gasteiger partial charge in [-0.05, 0) is 17.7 Å². The van der Waals surface area contributed by atoms with Gasteiger partial charge in [0.25, 0.3) is 5.89 Å². The van der Waals surface area contributed by atoms with Gasteiger partial charge >= 0.3 is 0 Å². The lowest BCUT2D eigenvalue weighted by Gasteiger charge is -1.93. The summed E-state index contributed by atoms with van der Waals surface area (Å²) in [4.78, 5) is 7.88. The zero-order valence-electron chi connectivity index (χ0n) is 7.42. The average molecular weight is 191 g/mol. The summed E-state index contributed by atoms with van der Waals surface area (Å²) in [5, 5.41) is 12.4. The number of aliphatic hydroxyl groups is 1. The van der Waals surface area contributed by atoms with E-state index in [1.54, 1.807) is 12.4 Å². The van der Waals surface area contributed by atoms with Crippen LogP contribution in [0.4, 0.5) is 0 Å². The topological polar surface area (TPSA) is 72.0 Å². The fourth-order valence-corrected chi connectivity index (χ4v) is 1.11. The van der Waals surface area contributed by atoms with E-state index in [-0.39, 0.29) is 12.5 Å². The molecule has 0 radical (unpaired) electrons. The lowest BCUT2D eigenvalue weighted by molar-refractivity contribution is 0.222. The molecule has 0 unspecified atom stereocenters. The summed E-state index contributed by atoms with van der Waals surface area (Å²) in [7, 11) is 0. The highest BCUT2D eigenvalue weighted by Crippen LogP contribution is 2.05. The maximum atomic E-state index is 8.71. The van der Waals surface area contributed by atoms with Crippen LogP contribution in [0.25, 0.3) is 0 Å². The van der Waals surface area contributed by atoms with E-state index in [9.17, 15) is 0 Å². The first-order chi connectivity index (χ1) is 6.88. The van der Waals surface area contributed by atoms with Crippen molar-refractivity contribution in [3.05, 3.63) is 41.8 Å². The van der Waals surface area contributed by atoms with Crippen molar-refractivity contribution in [2.45, 2.75) is 13.0 Å². The molecule has 2 aromatic rings. The largest absolute Gasteiger partial charge is 0.387 e. The highest BCUT2D eigenvalue weighted by atomic mass is 16.5. The minimum absolute atomic E-state index is 0.219. The summed E-state index contributed by atoms with van der Waals surface area (Å²) in [6, 6.07) is 3.77. The molecule has 14 heavy (non-hydrogen) atoms. The first kappa shape index (κ1) is 8.83. The zero-order chi connectivity index (χ0) is 9.80. The summed E-state index contributed by atoms with van der Waals surface area (Å²) in [6.45, 7) is -0.219. The molecule has 1 N–H and O–H groups in total. The third-order valence-electron chi connectivity index (χ3n) is 1.76. The number of pyridine rings is 1. The molecule has 0 saturated heterocycles. The summed E-state index contributed by atoms with van der Waals surface area (Å²) in [6.07, 6.45) is 4.01. The Bertz CT molecular complexity index is 399. The maximum absolute atomic E-state index is 8.71. The number of hydrogen-bond acceptors (Lipinski definition) is 5. The molecule has 0 atom stereocenters. The van der Waals surface area contributed by atoms with Crippen LogP contribution in [0.1, 0.15) is 17.3 Å². The fraction of sp³-hybridized carbons (Fsp3) is 0.222. The zero-order valence-corrected chi connectivity index (χ0v) is 7.42. The van der Waals surface area contributed by atoms with E-state index in [1.165, 1.54) is 0 Å². The van der Waals surface area contributed by atoms with Gasteiger partial charge in [-0.3, -0.25) is 4.98 Å². The monoisotopic (exact) mass is 191 g/mol. The van der Waals surface area contributed by atoms with Crippen molar-refractivity contribution in [1.82, 2.24) is 15.1 Å². The van der Waals surface area contributed by atoms with Crippen LogP contribution in [0.2, 0.25) is 0 Å². The van der Waals surface area contributed by atoms with Crippen LogP contribution in [0, 0.1) is 0 Å². The molecule has 0 aromatic carbocycles. The van der Waals surface area contributed by atoms with E-state index >= 15 is 0 Å². The van der Waals surface area contributed by atoms with Gasteiger partial charge in [0.15, 0.2) is 5.82 Å². The van der Waals surface area contributed by atoms with E-state index in [1.807, 2.05) is 12.1 Å². The van der Waals surface area contributed by atoms with E-state index in [4.69, 9.17) is 9.63 Å². The van der Waals surface area contributed by atoms with Gasteiger partial charge in [-0.2, -0.15) is 4.98 Å². The summed E-state index contributed by atoms with van der Waals surface area (Å²) in [5.74, 6) is 0.814. The lowest BCUT2D eigenvalue weighted by atomic mass is 10.2. The Morgan fingerprint density at radius 2 is 2.07 bits per heavy atom. The van der Waals surface area contributed by atoms with Crippen molar-refractivity contribution >= 4 is 0 Å². The molecule has 0 bridgehead atoms. The minimum Gasteiger partial charge on any atom is -0.387 e. The highest BCUT2D eigenvalue weighted by Gasteiger charge is 2.05. The van der Waals surface area contributed by atoms with Gasteiger partial charge in [-0.15, -0.1) is 0 Å². The molecular weight excluding hydrogens is 182 g/mol. The van der Waals surface area contributed by atoms with Crippen LogP contribution in [0.5, 0.6) is 0 Å². The van der Waals surface area contributed by atoms with Crippen LogP contribution in [0.3, 0.4) is 0 Å². The standard InChI is InChI=1S/C9H9N3O2/c13-6-9-11-8(12-14-9)5-7-1-3-10-4-2-7/h1-4,13H,5-6H2. The number of aliphatic hydroxyl groups excluding tert-OH is 1. The molecule has 72 valence electrons. The summed E-state index contributed by atoms with van der Waals surface area (Å²) in [5.41, 5.74) is 1.06. The molecule has 0 fully saturated rings. The second kappa shape index (κ2) is 3.97. The molecule has 0 aliphatic heterocycles. The highest BCUT2D eigenvalue weighted by molar-refractivity contribution is 5.14. The van der Waals surface area contributed by atoms with E-state index in [0.29, 0.717) is 12.2 Å². The van der Waals surface area contributed by atoms with E-state index in [2.05, 4.69) is 15.1 Å². The number of hydrogen-bond donors (Lipinski definition) is 1. The van der Waals surface area contributed by atoms with Gasteiger partial charge in [0.1, 0.15) is 6.61 Å². The van der Waals surface area contributed by atoms with E-state index in [0.717, 1.165) is 5.56 Å². The number of nitrogens with zero attached hydrogens (tertiary/aromatic N) is 3. The first-order valence-electron chi connectivity index (χ1n) is 4.19. The molecule has 0 aliphatic rings. The third-order valence-corrected chi connectivity index (χ3v) is 1.76. The predicted octanol–water partition coefficient (Wildman–Crippen LogP) is 0.548. The van der Waals surface area contributed by atoms with Gasteiger partial charge in [-0.25, -0.2) is 0 Å². The van der Waals surface area contributed by atoms with Gasteiger partial charge in [0, 0.05) is 18.8 Å². The molecule has 2 heterocycles. The molecule has 0 amide bonds. The molecule has 0 aliphatic carbocycles. The molecule has 2 rings (SSSR count). The van der Waals surface area contributed by atoms with Crippen molar-refractivity contribution in [1.29, 1.82) is 0 Å².